The van der Waals surface area contributed by atoms with Crippen LogP contribution in [0.4, 0.5) is 24.7 Å². The number of piperidine rings is 2. The summed E-state index contributed by atoms with van der Waals surface area (Å²) in [4.78, 5) is 14.2. The summed E-state index contributed by atoms with van der Waals surface area (Å²) in [5.41, 5.74) is -3.10. The van der Waals surface area contributed by atoms with Crippen molar-refractivity contribution in [3.63, 3.8) is 0 Å². The third kappa shape index (κ3) is 5.60. The van der Waals surface area contributed by atoms with E-state index in [1.54, 1.807) is 30.3 Å². The number of hydrogen-bond donors (Lipinski definition) is 3. The maximum Gasteiger partial charge on any atom is 0.446 e. The maximum atomic E-state index is 13.5. The van der Waals surface area contributed by atoms with Crippen molar-refractivity contribution >= 4 is 34.7 Å². The molecule has 3 aliphatic rings. The Hall–Kier alpha value is -3.56. The number of thioether (sulfide) groups is 1. The molecule has 1 aliphatic carbocycles. The van der Waals surface area contributed by atoms with Crippen LogP contribution in [0.1, 0.15) is 35.3 Å². The molecular weight excluding hydrogens is 529 g/mol. The highest BCUT2D eigenvalue weighted by atomic mass is 32.2. The Kier molecular flexibility index (Phi) is 7.31. The number of ether oxygens (including phenoxy) is 1. The molecule has 0 spiro atoms. The zero-order chi connectivity index (χ0) is 27.8. The average Bonchev–Trinajstić information content (AvgIpc) is 3.23. The fourth-order valence-corrected chi connectivity index (χ4v) is 5.88. The lowest BCUT2D eigenvalue weighted by molar-refractivity contribution is -0.0327. The van der Waals surface area contributed by atoms with Gasteiger partial charge in [0.2, 0.25) is 0 Å². The molecule has 12 heteroatoms. The first kappa shape index (κ1) is 27.0. The molecule has 1 amide bonds. The number of amides is 1. The first-order valence-corrected chi connectivity index (χ1v) is 13.3. The Morgan fingerprint density at radius 2 is 2.08 bits per heavy atom. The van der Waals surface area contributed by atoms with Crippen molar-refractivity contribution in [3.05, 3.63) is 47.7 Å². The third-order valence-electron chi connectivity index (χ3n) is 7.31. The van der Waals surface area contributed by atoms with Gasteiger partial charge in [0, 0.05) is 30.7 Å². The molecule has 2 bridgehead atoms. The van der Waals surface area contributed by atoms with Crippen molar-refractivity contribution < 1.29 is 22.7 Å². The Labute approximate surface area is 228 Å². The van der Waals surface area contributed by atoms with E-state index in [1.807, 2.05) is 6.07 Å². The molecule has 0 unspecified atom stereocenters. The zero-order valence-electron chi connectivity index (χ0n) is 21.8. The second-order valence-electron chi connectivity index (χ2n) is 9.78. The lowest BCUT2D eigenvalue weighted by Gasteiger charge is -2.57. The highest BCUT2D eigenvalue weighted by Crippen LogP contribution is 2.46. The summed E-state index contributed by atoms with van der Waals surface area (Å²) < 4.78 is 47.4. The Morgan fingerprint density at radius 1 is 1.28 bits per heavy atom. The van der Waals surface area contributed by atoms with Crippen LogP contribution in [-0.4, -0.2) is 71.8 Å². The number of rotatable bonds is 7. The van der Waals surface area contributed by atoms with Crippen LogP contribution in [0.2, 0.25) is 0 Å². The molecule has 2 saturated heterocycles. The van der Waals surface area contributed by atoms with E-state index in [0.717, 1.165) is 25.8 Å². The van der Waals surface area contributed by atoms with E-state index in [1.165, 1.54) is 18.7 Å². The summed E-state index contributed by atoms with van der Waals surface area (Å²) >= 11 is -0.204. The Morgan fingerprint density at radius 3 is 2.74 bits per heavy atom. The number of carbonyl (C=O) groups is 1. The van der Waals surface area contributed by atoms with Gasteiger partial charge >= 0.3 is 5.51 Å². The van der Waals surface area contributed by atoms with Crippen molar-refractivity contribution in [1.29, 1.82) is 0 Å². The van der Waals surface area contributed by atoms with Crippen molar-refractivity contribution in [1.82, 2.24) is 19.8 Å². The van der Waals surface area contributed by atoms with Crippen LogP contribution < -0.4 is 20.7 Å². The van der Waals surface area contributed by atoms with Crippen LogP contribution in [0.15, 0.2) is 41.3 Å². The monoisotopic (exact) mass is 558 g/mol. The number of nitrogens with one attached hydrogen (secondary N) is 3. The summed E-state index contributed by atoms with van der Waals surface area (Å²) in [6.45, 7) is 1.10. The van der Waals surface area contributed by atoms with E-state index in [0.29, 0.717) is 34.4 Å². The number of halogens is 3. The van der Waals surface area contributed by atoms with Gasteiger partial charge in [-0.25, -0.2) is 4.52 Å². The molecule has 2 aliphatic heterocycles. The molecule has 1 aromatic carbocycles. The lowest BCUT2D eigenvalue weighted by atomic mass is 9.66. The van der Waals surface area contributed by atoms with Gasteiger partial charge in [0.15, 0.2) is 0 Å². The van der Waals surface area contributed by atoms with Crippen molar-refractivity contribution in [2.24, 2.45) is 0 Å². The minimum atomic E-state index is -4.49. The summed E-state index contributed by atoms with van der Waals surface area (Å²) in [5.74, 6) is 6.56. The largest absolute Gasteiger partial charge is 0.495 e. The fraction of sp³-hybridized carbons (Fsp3) is 0.407. The normalized spacial score (nSPS) is 20.5. The molecule has 3 N–H and O–H groups in total. The van der Waals surface area contributed by atoms with Crippen LogP contribution in [-0.2, 0) is 0 Å². The average molecular weight is 559 g/mol. The smallest absolute Gasteiger partial charge is 0.446 e. The Bertz CT molecular complexity index is 1450. The second-order valence-corrected chi connectivity index (χ2v) is 10.9. The maximum absolute atomic E-state index is 13.5. The number of anilines is 2. The number of hydrogen-bond acceptors (Lipinski definition) is 7. The van der Waals surface area contributed by atoms with Crippen molar-refractivity contribution in [3.8, 4) is 17.6 Å². The van der Waals surface area contributed by atoms with Crippen molar-refractivity contribution in [2.45, 2.75) is 41.2 Å². The number of nitrogens with zero attached hydrogens (tertiary/aromatic N) is 3. The van der Waals surface area contributed by atoms with E-state index >= 15 is 0 Å². The molecule has 2 aromatic heterocycles. The molecule has 6 rings (SSSR count). The summed E-state index contributed by atoms with van der Waals surface area (Å²) in [5, 5.41) is 13.7. The quantitative estimate of drug-likeness (QED) is 0.293. The number of benzene rings is 1. The molecule has 3 aromatic rings. The number of fused-ring (bicyclic) bond motifs is 3. The first-order chi connectivity index (χ1) is 18.6. The minimum Gasteiger partial charge on any atom is -0.495 e. The molecule has 8 nitrogen and oxygen atoms in total. The van der Waals surface area contributed by atoms with Gasteiger partial charge in [0.1, 0.15) is 17.3 Å². The van der Waals surface area contributed by atoms with E-state index in [2.05, 4.69) is 44.8 Å². The highest BCUT2D eigenvalue weighted by molar-refractivity contribution is 8.00. The van der Waals surface area contributed by atoms with Gasteiger partial charge in [0.05, 0.1) is 29.8 Å². The topological polar surface area (TPSA) is 82.9 Å². The summed E-state index contributed by atoms with van der Waals surface area (Å²) in [6, 6.07) is 10.7. The molecule has 206 valence electrons. The fourth-order valence-electron chi connectivity index (χ4n) is 5.20. The van der Waals surface area contributed by atoms with Gasteiger partial charge in [-0.15, -0.1) is 0 Å². The number of alkyl halides is 3. The van der Waals surface area contributed by atoms with Gasteiger partial charge in [-0.05, 0) is 74.3 Å². The lowest BCUT2D eigenvalue weighted by Crippen LogP contribution is -2.64. The van der Waals surface area contributed by atoms with Crippen LogP contribution in [0.3, 0.4) is 0 Å². The number of aromatic nitrogens is 2. The second kappa shape index (κ2) is 10.5. The SMILES string of the molecule is CNC(=O)c1ccc(NCC#Cc2nn3c(NC45CCN(C)C(C4)C5)cccc3c2SC(F)(F)F)c(OC)c1. The minimum absolute atomic E-state index is 0.0291. The highest BCUT2D eigenvalue weighted by Gasteiger charge is 2.49. The summed E-state index contributed by atoms with van der Waals surface area (Å²) in [7, 11) is 5.15. The van der Waals surface area contributed by atoms with Crippen molar-refractivity contribution in [2.75, 3.05) is 44.9 Å². The van der Waals surface area contributed by atoms with E-state index in [9.17, 15) is 18.0 Å². The zero-order valence-corrected chi connectivity index (χ0v) is 22.6. The first-order valence-electron chi connectivity index (χ1n) is 12.5. The Balaban J connectivity index is 1.39. The number of carbonyl (C=O) groups excluding carboxylic acids is 1. The molecule has 1 saturated carbocycles. The van der Waals surface area contributed by atoms with Crippen LogP contribution in [0.25, 0.3) is 5.52 Å². The van der Waals surface area contributed by atoms with E-state index in [-0.39, 0.29) is 40.3 Å². The molecule has 39 heavy (non-hydrogen) atoms. The molecule has 3 fully saturated rings. The van der Waals surface area contributed by atoms with E-state index < -0.39 is 5.51 Å². The van der Waals surface area contributed by atoms with E-state index in [4.69, 9.17) is 4.74 Å². The standard InChI is InChI=1S/C27H29F3N6O2S/c1-31-25(37)17-9-10-19(22(14-17)38-3)32-12-5-6-20-24(39-27(28,29)30)21-7-4-8-23(36(21)34-20)33-26-11-13-35(2)18(15-26)16-26/h4,7-10,14,18,32-33H,11-13,15-16H2,1-3H3,(H,31,37). The number of methoxy groups -OCH3 is 1. The van der Waals surface area contributed by atoms with Crippen LogP contribution in [0.5, 0.6) is 5.75 Å². The predicted molar refractivity (Wildman–Crippen MR) is 145 cm³/mol. The molecule has 4 heterocycles. The van der Waals surface area contributed by atoms with Gasteiger partial charge in [0.25, 0.3) is 5.91 Å². The predicted octanol–water partition coefficient (Wildman–Crippen LogP) is 4.43. The molecule has 0 radical (unpaired) electrons. The third-order valence-corrected chi connectivity index (χ3v) is 8.15. The summed E-state index contributed by atoms with van der Waals surface area (Å²) in [6.07, 6.45) is 2.96. The van der Waals surface area contributed by atoms with Gasteiger partial charge in [-0.2, -0.15) is 18.3 Å². The molecular formula is C27H29F3N6O2S. The van der Waals surface area contributed by atoms with Gasteiger partial charge in [-0.1, -0.05) is 12.0 Å². The molecule has 0 atom stereocenters. The van der Waals surface area contributed by atoms with Gasteiger partial charge < -0.3 is 25.6 Å². The van der Waals surface area contributed by atoms with Crippen LogP contribution >= 0.6 is 11.8 Å². The number of pyridine rings is 1. The van der Waals surface area contributed by atoms with Gasteiger partial charge in [-0.3, -0.25) is 4.79 Å². The van der Waals surface area contributed by atoms with Crippen LogP contribution in [0, 0.1) is 11.8 Å².